The van der Waals surface area contributed by atoms with Gasteiger partial charge in [-0.2, -0.15) is 0 Å². The van der Waals surface area contributed by atoms with Gasteiger partial charge in [0.1, 0.15) is 5.78 Å². The zero-order valence-corrected chi connectivity index (χ0v) is 11.0. The van der Waals surface area contributed by atoms with Gasteiger partial charge in [0.2, 0.25) is 0 Å². The Morgan fingerprint density at radius 1 is 0.647 bits per heavy atom. The van der Waals surface area contributed by atoms with Crippen LogP contribution >= 0.6 is 0 Å². The third kappa shape index (κ3) is 2.44. The van der Waals surface area contributed by atoms with Gasteiger partial charge >= 0.3 is 0 Å². The van der Waals surface area contributed by atoms with E-state index in [9.17, 15) is 4.79 Å². The summed E-state index contributed by atoms with van der Waals surface area (Å²) >= 11 is 0. The molecule has 3 aliphatic carbocycles. The SMILES string of the molecule is O=C(C1CCCC1)C1CCC2CCCCC2C1. The lowest BCUT2D eigenvalue weighted by Gasteiger charge is -2.39. The smallest absolute Gasteiger partial charge is 0.139 e. The van der Waals surface area contributed by atoms with Crippen LogP contribution in [-0.2, 0) is 4.79 Å². The van der Waals surface area contributed by atoms with Crippen LogP contribution in [0, 0.1) is 23.7 Å². The molecule has 3 unspecified atom stereocenters. The van der Waals surface area contributed by atoms with Crippen molar-refractivity contribution in [2.75, 3.05) is 0 Å². The minimum atomic E-state index is 0.456. The van der Waals surface area contributed by atoms with Crippen LogP contribution in [0.1, 0.15) is 70.6 Å². The summed E-state index contributed by atoms with van der Waals surface area (Å²) in [5, 5.41) is 0. The molecule has 3 rings (SSSR count). The molecule has 17 heavy (non-hydrogen) atoms. The Morgan fingerprint density at radius 3 is 2.06 bits per heavy atom. The van der Waals surface area contributed by atoms with Crippen molar-refractivity contribution >= 4 is 5.78 Å². The summed E-state index contributed by atoms with van der Waals surface area (Å²) in [6.07, 6.45) is 14.6. The van der Waals surface area contributed by atoms with Gasteiger partial charge in [0.25, 0.3) is 0 Å². The largest absolute Gasteiger partial charge is 0.299 e. The predicted octanol–water partition coefficient (Wildman–Crippen LogP) is 4.35. The lowest BCUT2D eigenvalue weighted by atomic mass is 9.66. The molecule has 0 heterocycles. The van der Waals surface area contributed by atoms with Crippen molar-refractivity contribution < 1.29 is 4.79 Å². The fourth-order valence-corrected chi connectivity index (χ4v) is 4.68. The number of hydrogen-bond donors (Lipinski definition) is 0. The van der Waals surface area contributed by atoms with E-state index in [4.69, 9.17) is 0 Å². The summed E-state index contributed by atoms with van der Waals surface area (Å²) in [5.41, 5.74) is 0. The number of ketones is 1. The maximum atomic E-state index is 12.5. The fraction of sp³-hybridized carbons (Fsp3) is 0.938. The summed E-state index contributed by atoms with van der Waals surface area (Å²) in [5.74, 6) is 3.47. The van der Waals surface area contributed by atoms with Gasteiger partial charge in [-0.3, -0.25) is 4.79 Å². The molecule has 1 nitrogen and oxygen atoms in total. The second kappa shape index (κ2) is 5.12. The highest BCUT2D eigenvalue weighted by Gasteiger charge is 2.37. The minimum absolute atomic E-state index is 0.456. The average molecular weight is 234 g/mol. The van der Waals surface area contributed by atoms with Crippen LogP contribution in [0.25, 0.3) is 0 Å². The normalized spacial score (nSPS) is 38.9. The van der Waals surface area contributed by atoms with Crippen LogP contribution in [0.15, 0.2) is 0 Å². The van der Waals surface area contributed by atoms with E-state index in [1.165, 1.54) is 70.6 Å². The first-order valence-electron chi connectivity index (χ1n) is 7.88. The topological polar surface area (TPSA) is 17.1 Å². The van der Waals surface area contributed by atoms with Crippen molar-refractivity contribution in [1.29, 1.82) is 0 Å². The first-order chi connectivity index (χ1) is 8.34. The van der Waals surface area contributed by atoms with Crippen LogP contribution in [0.5, 0.6) is 0 Å². The van der Waals surface area contributed by atoms with Gasteiger partial charge in [0.15, 0.2) is 0 Å². The Balaban J connectivity index is 1.59. The number of carbonyl (C=O) groups excluding carboxylic acids is 1. The van der Waals surface area contributed by atoms with E-state index in [1.54, 1.807) is 0 Å². The Hall–Kier alpha value is -0.330. The van der Waals surface area contributed by atoms with E-state index in [0.717, 1.165) is 11.8 Å². The van der Waals surface area contributed by atoms with Gasteiger partial charge in [-0.1, -0.05) is 38.5 Å². The molecule has 0 aliphatic heterocycles. The van der Waals surface area contributed by atoms with E-state index in [-0.39, 0.29) is 0 Å². The molecule has 0 aromatic carbocycles. The summed E-state index contributed by atoms with van der Waals surface area (Å²) in [6.45, 7) is 0. The third-order valence-electron chi connectivity index (χ3n) is 5.70. The predicted molar refractivity (Wildman–Crippen MR) is 69.8 cm³/mol. The molecule has 3 fully saturated rings. The van der Waals surface area contributed by atoms with Gasteiger partial charge in [-0.25, -0.2) is 0 Å². The Morgan fingerprint density at radius 2 is 1.29 bits per heavy atom. The van der Waals surface area contributed by atoms with Gasteiger partial charge in [-0.05, 0) is 43.9 Å². The van der Waals surface area contributed by atoms with Crippen LogP contribution < -0.4 is 0 Å². The van der Waals surface area contributed by atoms with E-state index in [0.29, 0.717) is 17.6 Å². The molecule has 0 amide bonds. The van der Waals surface area contributed by atoms with Crippen molar-refractivity contribution in [3.63, 3.8) is 0 Å². The lowest BCUT2D eigenvalue weighted by molar-refractivity contribution is -0.128. The van der Waals surface area contributed by atoms with Gasteiger partial charge < -0.3 is 0 Å². The van der Waals surface area contributed by atoms with Crippen molar-refractivity contribution in [3.05, 3.63) is 0 Å². The molecular formula is C16H26O. The average Bonchev–Trinajstić information content (AvgIpc) is 2.91. The molecular weight excluding hydrogens is 208 g/mol. The molecule has 0 N–H and O–H groups in total. The molecule has 0 aromatic rings. The number of hydrogen-bond acceptors (Lipinski definition) is 1. The quantitative estimate of drug-likeness (QED) is 0.694. The summed E-state index contributed by atoms with van der Waals surface area (Å²) < 4.78 is 0. The Labute approximate surface area is 105 Å². The second-order valence-corrected chi connectivity index (χ2v) is 6.70. The molecule has 0 aromatic heterocycles. The van der Waals surface area contributed by atoms with E-state index in [2.05, 4.69) is 0 Å². The van der Waals surface area contributed by atoms with Gasteiger partial charge in [-0.15, -0.1) is 0 Å². The zero-order valence-electron chi connectivity index (χ0n) is 11.0. The van der Waals surface area contributed by atoms with Gasteiger partial charge in [0.05, 0.1) is 0 Å². The van der Waals surface area contributed by atoms with Crippen molar-refractivity contribution in [1.82, 2.24) is 0 Å². The molecule has 3 atom stereocenters. The van der Waals surface area contributed by atoms with Crippen molar-refractivity contribution in [3.8, 4) is 0 Å². The zero-order chi connectivity index (χ0) is 11.7. The van der Waals surface area contributed by atoms with E-state index < -0.39 is 0 Å². The van der Waals surface area contributed by atoms with E-state index in [1.807, 2.05) is 0 Å². The molecule has 1 heteroatoms. The minimum Gasteiger partial charge on any atom is -0.299 e. The Bertz CT molecular complexity index is 277. The molecule has 0 spiro atoms. The van der Waals surface area contributed by atoms with Crippen LogP contribution in [0.4, 0.5) is 0 Å². The highest BCUT2D eigenvalue weighted by molar-refractivity contribution is 5.83. The van der Waals surface area contributed by atoms with Crippen LogP contribution in [0.2, 0.25) is 0 Å². The fourth-order valence-electron chi connectivity index (χ4n) is 4.68. The first-order valence-corrected chi connectivity index (χ1v) is 7.88. The van der Waals surface area contributed by atoms with E-state index >= 15 is 0 Å². The third-order valence-corrected chi connectivity index (χ3v) is 5.70. The second-order valence-electron chi connectivity index (χ2n) is 6.70. The molecule has 0 bridgehead atoms. The number of Topliss-reactive ketones (excluding diaryl/α,β-unsaturated/α-hetero) is 1. The molecule has 0 radical (unpaired) electrons. The monoisotopic (exact) mass is 234 g/mol. The number of carbonyl (C=O) groups is 1. The summed E-state index contributed by atoms with van der Waals surface area (Å²) in [4.78, 5) is 12.5. The first kappa shape index (κ1) is 11.7. The number of fused-ring (bicyclic) bond motifs is 1. The molecule has 96 valence electrons. The highest BCUT2D eigenvalue weighted by atomic mass is 16.1. The molecule has 3 aliphatic rings. The van der Waals surface area contributed by atoms with Gasteiger partial charge in [0, 0.05) is 11.8 Å². The lowest BCUT2D eigenvalue weighted by Crippen LogP contribution is -2.33. The molecule has 3 saturated carbocycles. The number of rotatable bonds is 2. The molecule has 0 saturated heterocycles. The summed E-state index contributed by atoms with van der Waals surface area (Å²) in [6, 6.07) is 0. The standard InChI is InChI=1S/C16H26O/c17-16(13-6-2-3-7-13)15-10-9-12-5-1-4-8-14(12)11-15/h12-15H,1-11H2. The maximum absolute atomic E-state index is 12.5. The van der Waals surface area contributed by atoms with Crippen molar-refractivity contribution in [2.24, 2.45) is 23.7 Å². The maximum Gasteiger partial charge on any atom is 0.139 e. The Kier molecular flexibility index (Phi) is 3.54. The van der Waals surface area contributed by atoms with Crippen LogP contribution in [-0.4, -0.2) is 5.78 Å². The van der Waals surface area contributed by atoms with Crippen molar-refractivity contribution in [2.45, 2.75) is 70.6 Å². The highest BCUT2D eigenvalue weighted by Crippen LogP contribution is 2.44. The summed E-state index contributed by atoms with van der Waals surface area (Å²) in [7, 11) is 0. The van der Waals surface area contributed by atoms with Crippen LogP contribution in [0.3, 0.4) is 0 Å².